The van der Waals surface area contributed by atoms with Crippen molar-refractivity contribution in [3.8, 4) is 0 Å². The van der Waals surface area contributed by atoms with E-state index in [0.717, 1.165) is 16.5 Å². The molecule has 1 aliphatic rings. The first kappa shape index (κ1) is 19.8. The summed E-state index contributed by atoms with van der Waals surface area (Å²) >= 11 is 0. The molecular formula is C20H22N4O3S. The summed E-state index contributed by atoms with van der Waals surface area (Å²) < 4.78 is 27.0. The number of benzene rings is 2. The Morgan fingerprint density at radius 2 is 1.96 bits per heavy atom. The van der Waals surface area contributed by atoms with Gasteiger partial charge in [-0.05, 0) is 29.7 Å². The predicted octanol–water partition coefficient (Wildman–Crippen LogP) is 1.66. The van der Waals surface area contributed by atoms with Crippen molar-refractivity contribution < 1.29 is 13.2 Å². The third kappa shape index (κ3) is 5.05. The summed E-state index contributed by atoms with van der Waals surface area (Å²) in [6.45, 7) is 0.802. The average molecular weight is 398 g/mol. The first-order chi connectivity index (χ1) is 13.3. The van der Waals surface area contributed by atoms with Crippen LogP contribution in [0.4, 0.5) is 0 Å². The fourth-order valence-electron chi connectivity index (χ4n) is 3.03. The largest absolute Gasteiger partial charge is 0.384 e. The molecule has 1 fully saturated rings. The zero-order chi connectivity index (χ0) is 20.1. The molecule has 2 aromatic carbocycles. The highest BCUT2D eigenvalue weighted by Gasteiger charge is 2.33. The molecule has 7 nitrogen and oxygen atoms in total. The van der Waals surface area contributed by atoms with E-state index in [0.29, 0.717) is 25.1 Å². The Bertz CT molecular complexity index is 1000. The van der Waals surface area contributed by atoms with Gasteiger partial charge >= 0.3 is 0 Å². The number of amidine groups is 1. The van der Waals surface area contributed by atoms with E-state index in [2.05, 4.69) is 4.72 Å². The van der Waals surface area contributed by atoms with Gasteiger partial charge < -0.3 is 10.6 Å². The van der Waals surface area contributed by atoms with E-state index >= 15 is 0 Å². The van der Waals surface area contributed by atoms with Gasteiger partial charge in [-0.1, -0.05) is 48.5 Å². The Kier molecular flexibility index (Phi) is 5.91. The van der Waals surface area contributed by atoms with Gasteiger partial charge in [-0.25, -0.2) is 8.42 Å². The maximum absolute atomic E-state index is 12.6. The predicted molar refractivity (Wildman–Crippen MR) is 109 cm³/mol. The molecule has 3 rings (SSSR count). The summed E-state index contributed by atoms with van der Waals surface area (Å²) in [7, 11) is -3.73. The van der Waals surface area contributed by atoms with Crippen molar-refractivity contribution in [2.24, 2.45) is 5.73 Å². The zero-order valence-electron chi connectivity index (χ0n) is 15.2. The second kappa shape index (κ2) is 8.37. The SMILES string of the molecule is N=C(N)c1cccc(CN2CCC(NS(=O)(=O)/C=C/c3ccccc3)C2=O)c1. The first-order valence-corrected chi connectivity index (χ1v) is 10.4. The number of nitrogens with zero attached hydrogens (tertiary/aromatic N) is 1. The van der Waals surface area contributed by atoms with Crippen LogP contribution in [0.25, 0.3) is 6.08 Å². The molecule has 1 saturated heterocycles. The van der Waals surface area contributed by atoms with Gasteiger partial charge in [0.15, 0.2) is 0 Å². The van der Waals surface area contributed by atoms with Crippen LogP contribution in [0.2, 0.25) is 0 Å². The number of amides is 1. The van der Waals surface area contributed by atoms with Gasteiger partial charge in [-0.15, -0.1) is 0 Å². The lowest BCUT2D eigenvalue weighted by Gasteiger charge is -2.17. The van der Waals surface area contributed by atoms with Gasteiger partial charge in [0.25, 0.3) is 0 Å². The van der Waals surface area contributed by atoms with Crippen molar-refractivity contribution >= 4 is 27.8 Å². The molecular weight excluding hydrogens is 376 g/mol. The Morgan fingerprint density at radius 1 is 1.21 bits per heavy atom. The van der Waals surface area contributed by atoms with Gasteiger partial charge in [-0.2, -0.15) is 4.72 Å². The number of hydrogen-bond acceptors (Lipinski definition) is 4. The molecule has 2 aromatic rings. The summed E-state index contributed by atoms with van der Waals surface area (Å²) in [6.07, 6.45) is 1.90. The van der Waals surface area contributed by atoms with Gasteiger partial charge in [-0.3, -0.25) is 10.2 Å². The van der Waals surface area contributed by atoms with Gasteiger partial charge in [0.1, 0.15) is 11.9 Å². The summed E-state index contributed by atoms with van der Waals surface area (Å²) in [4.78, 5) is 14.2. The number of nitrogen functional groups attached to an aromatic ring is 1. The summed E-state index contributed by atoms with van der Waals surface area (Å²) in [6, 6.07) is 15.4. The van der Waals surface area contributed by atoms with E-state index in [1.165, 1.54) is 6.08 Å². The Balaban J connectivity index is 1.63. The van der Waals surface area contributed by atoms with Crippen LogP contribution in [0, 0.1) is 5.41 Å². The maximum atomic E-state index is 12.6. The Labute approximate surface area is 164 Å². The van der Waals surface area contributed by atoms with Crippen molar-refractivity contribution in [1.29, 1.82) is 5.41 Å². The standard InChI is InChI=1S/C20H22N4O3S/c21-19(22)17-8-4-7-16(13-17)14-24-11-9-18(20(24)25)23-28(26,27)12-10-15-5-2-1-3-6-15/h1-8,10,12-13,18,23H,9,11,14H2,(H3,21,22)/b12-10+. The molecule has 1 aliphatic heterocycles. The molecule has 0 aromatic heterocycles. The fourth-order valence-corrected chi connectivity index (χ4v) is 4.06. The van der Waals surface area contributed by atoms with Crippen LogP contribution < -0.4 is 10.5 Å². The van der Waals surface area contributed by atoms with Crippen molar-refractivity contribution in [2.45, 2.75) is 19.0 Å². The number of carbonyl (C=O) groups is 1. The number of rotatable bonds is 7. The van der Waals surface area contributed by atoms with Crippen molar-refractivity contribution in [3.63, 3.8) is 0 Å². The number of likely N-dealkylation sites (tertiary alicyclic amines) is 1. The molecule has 4 N–H and O–H groups in total. The molecule has 1 heterocycles. The molecule has 0 saturated carbocycles. The highest BCUT2D eigenvalue weighted by Crippen LogP contribution is 2.17. The van der Waals surface area contributed by atoms with Crippen LogP contribution in [-0.4, -0.2) is 37.6 Å². The minimum atomic E-state index is -3.73. The maximum Gasteiger partial charge on any atom is 0.241 e. The van der Waals surface area contributed by atoms with Crippen LogP contribution in [0.1, 0.15) is 23.1 Å². The van der Waals surface area contributed by atoms with Crippen LogP contribution in [0.15, 0.2) is 60.0 Å². The number of sulfonamides is 1. The molecule has 0 spiro atoms. The molecule has 146 valence electrons. The van der Waals surface area contributed by atoms with Crippen molar-refractivity contribution in [1.82, 2.24) is 9.62 Å². The minimum Gasteiger partial charge on any atom is -0.384 e. The third-order valence-corrected chi connectivity index (χ3v) is 5.56. The molecule has 0 bridgehead atoms. The molecule has 1 amide bonds. The van der Waals surface area contributed by atoms with Crippen molar-refractivity contribution in [3.05, 3.63) is 76.7 Å². The molecule has 1 atom stereocenters. The van der Waals surface area contributed by atoms with E-state index in [4.69, 9.17) is 11.1 Å². The topological polar surface area (TPSA) is 116 Å². The lowest BCUT2D eigenvalue weighted by Crippen LogP contribution is -2.40. The summed E-state index contributed by atoms with van der Waals surface area (Å²) in [5, 5.41) is 8.58. The number of hydrogen-bond donors (Lipinski definition) is 3. The fraction of sp³-hybridized carbons (Fsp3) is 0.200. The summed E-state index contributed by atoms with van der Waals surface area (Å²) in [5.74, 6) is -0.296. The molecule has 0 radical (unpaired) electrons. The second-order valence-corrected chi connectivity index (χ2v) is 8.19. The number of nitrogens with two attached hydrogens (primary N) is 1. The normalized spacial score (nSPS) is 17.4. The third-order valence-electron chi connectivity index (χ3n) is 4.45. The quantitative estimate of drug-likeness (QED) is 0.486. The smallest absolute Gasteiger partial charge is 0.241 e. The van der Waals surface area contributed by atoms with Crippen LogP contribution in [-0.2, 0) is 21.4 Å². The molecule has 28 heavy (non-hydrogen) atoms. The highest BCUT2D eigenvalue weighted by molar-refractivity contribution is 7.92. The van der Waals surface area contributed by atoms with E-state index in [-0.39, 0.29) is 11.7 Å². The monoisotopic (exact) mass is 398 g/mol. The van der Waals surface area contributed by atoms with Gasteiger partial charge in [0, 0.05) is 24.1 Å². The van der Waals surface area contributed by atoms with E-state index in [1.807, 2.05) is 24.3 Å². The molecule has 0 aliphatic carbocycles. The number of nitrogens with one attached hydrogen (secondary N) is 2. The molecule has 8 heteroatoms. The molecule has 1 unspecified atom stereocenters. The van der Waals surface area contributed by atoms with Crippen LogP contribution in [0.5, 0.6) is 0 Å². The van der Waals surface area contributed by atoms with E-state index < -0.39 is 16.1 Å². The van der Waals surface area contributed by atoms with E-state index in [1.54, 1.807) is 35.2 Å². The van der Waals surface area contributed by atoms with Gasteiger partial charge in [0.05, 0.1) is 0 Å². The van der Waals surface area contributed by atoms with Gasteiger partial charge in [0.2, 0.25) is 15.9 Å². The van der Waals surface area contributed by atoms with E-state index in [9.17, 15) is 13.2 Å². The highest BCUT2D eigenvalue weighted by atomic mass is 32.2. The Morgan fingerprint density at radius 3 is 2.68 bits per heavy atom. The Hall–Kier alpha value is -2.97. The zero-order valence-corrected chi connectivity index (χ0v) is 16.0. The lowest BCUT2D eigenvalue weighted by atomic mass is 10.1. The summed E-state index contributed by atoms with van der Waals surface area (Å²) in [5.41, 5.74) is 7.69. The average Bonchev–Trinajstić information content (AvgIpc) is 3.00. The minimum absolute atomic E-state index is 0.0366. The second-order valence-electron chi connectivity index (χ2n) is 6.59. The number of carbonyl (C=O) groups excluding carboxylic acids is 1. The lowest BCUT2D eigenvalue weighted by molar-refractivity contribution is -0.129. The van der Waals surface area contributed by atoms with Crippen LogP contribution in [0.3, 0.4) is 0 Å². The first-order valence-electron chi connectivity index (χ1n) is 8.82. The van der Waals surface area contributed by atoms with Crippen LogP contribution >= 0.6 is 0 Å². The van der Waals surface area contributed by atoms with Crippen molar-refractivity contribution in [2.75, 3.05) is 6.54 Å².